The van der Waals surface area contributed by atoms with Gasteiger partial charge in [0.15, 0.2) is 34.7 Å². The van der Waals surface area contributed by atoms with Crippen LogP contribution in [0.4, 0.5) is 5.69 Å². The molecule has 6 N–H and O–H groups in total. The topological polar surface area (TPSA) is 181 Å². The third-order valence-corrected chi connectivity index (χ3v) is 7.89. The van der Waals surface area contributed by atoms with Gasteiger partial charge in [-0.1, -0.05) is 6.07 Å². The van der Waals surface area contributed by atoms with Crippen LogP contribution in [0.15, 0.2) is 24.3 Å². The highest BCUT2D eigenvalue weighted by molar-refractivity contribution is 6.32. The first kappa shape index (κ1) is 23.1. The first-order valence-corrected chi connectivity index (χ1v) is 11.3. The lowest BCUT2D eigenvalue weighted by Crippen LogP contribution is -2.74. The molecule has 0 aromatic heterocycles. The number of rotatable bonds is 2. The lowest BCUT2D eigenvalue weighted by Gasteiger charge is -2.52. The van der Waals surface area contributed by atoms with Crippen LogP contribution in [0.25, 0.3) is 10.8 Å². The van der Waals surface area contributed by atoms with E-state index in [9.17, 15) is 34.2 Å². The second-order valence-electron chi connectivity index (χ2n) is 10.0. The number of nitrogens with two attached hydrogens (primary N) is 2. The van der Waals surface area contributed by atoms with Gasteiger partial charge in [-0.25, -0.2) is 0 Å². The average Bonchev–Trinajstić information content (AvgIpc) is 2.75. The van der Waals surface area contributed by atoms with E-state index in [-0.39, 0.29) is 24.2 Å². The number of aromatic hydroxyl groups is 1. The maximum atomic E-state index is 13.7. The Labute approximate surface area is 199 Å². The Hall–Kier alpha value is -3.63. The molecule has 0 saturated heterocycles. The van der Waals surface area contributed by atoms with E-state index in [0.29, 0.717) is 22.0 Å². The van der Waals surface area contributed by atoms with Gasteiger partial charge in [0.1, 0.15) is 5.75 Å². The molecule has 2 aromatic carbocycles. The number of fused-ring (bicyclic) bond motifs is 4. The minimum absolute atomic E-state index is 0.0135. The van der Waals surface area contributed by atoms with Crippen LogP contribution >= 0.6 is 0 Å². The standard InChI is InChI=1S/C25H25N3O7/c1-28(2)18-14-8-11-6-10-5-9-7-12(26)3-4-13(9)19(29)15(10)20(30)16(11)22(32)25(14,35)23(33)17(21(18)31)24(27)34/h3-5,7,11,14,16-18,29,35H,6,8,26H2,1-2H3,(H2,27,34)/t11-,14-,16?,17?,18-,25-/m0/s1. The molecule has 6 atom stereocenters. The molecule has 2 saturated carbocycles. The van der Waals surface area contributed by atoms with Crippen LogP contribution in [0.5, 0.6) is 5.75 Å². The molecule has 3 aliphatic carbocycles. The Kier molecular flexibility index (Phi) is 4.91. The number of carbonyl (C=O) groups excluding carboxylic acids is 5. The summed E-state index contributed by atoms with van der Waals surface area (Å²) in [4.78, 5) is 67.1. The zero-order valence-corrected chi connectivity index (χ0v) is 19.1. The summed E-state index contributed by atoms with van der Waals surface area (Å²) in [5.41, 5.74) is 9.42. The van der Waals surface area contributed by atoms with Crippen molar-refractivity contribution in [1.29, 1.82) is 0 Å². The number of ketones is 4. The number of anilines is 1. The number of nitrogen functional groups attached to an aromatic ring is 1. The van der Waals surface area contributed by atoms with Gasteiger partial charge in [0, 0.05) is 17.0 Å². The van der Waals surface area contributed by atoms with Gasteiger partial charge >= 0.3 is 0 Å². The van der Waals surface area contributed by atoms with Gasteiger partial charge in [0.05, 0.1) is 17.5 Å². The lowest BCUT2D eigenvalue weighted by atomic mass is 9.52. The maximum Gasteiger partial charge on any atom is 0.235 e. The van der Waals surface area contributed by atoms with E-state index in [2.05, 4.69) is 0 Å². The number of hydrogen-bond acceptors (Lipinski definition) is 9. The third-order valence-electron chi connectivity index (χ3n) is 7.89. The fourth-order valence-corrected chi connectivity index (χ4v) is 6.40. The molecule has 0 aliphatic heterocycles. The second-order valence-corrected chi connectivity index (χ2v) is 10.0. The SMILES string of the molecule is CN(C)[C@@H]1C(=O)C(C(N)=O)C(=O)[C@@]2(O)C(=O)C3C(=O)c4c(cc5cc(N)ccc5c4O)C[C@H]3C[C@@H]12. The van der Waals surface area contributed by atoms with Crippen LogP contribution in [-0.4, -0.2) is 69.9 Å². The van der Waals surface area contributed by atoms with E-state index in [1.54, 1.807) is 38.4 Å². The highest BCUT2D eigenvalue weighted by Gasteiger charge is 2.69. The number of likely N-dealkylation sites (N-methyl/N-ethyl adjacent to an activating group) is 1. The molecule has 3 aliphatic rings. The summed E-state index contributed by atoms with van der Waals surface area (Å²) in [6.45, 7) is 0. The Morgan fingerprint density at radius 2 is 1.80 bits per heavy atom. The number of amides is 1. The molecular formula is C25H25N3O7. The van der Waals surface area contributed by atoms with Gasteiger partial charge < -0.3 is 21.7 Å². The van der Waals surface area contributed by atoms with Crippen molar-refractivity contribution in [3.8, 4) is 5.75 Å². The summed E-state index contributed by atoms with van der Waals surface area (Å²) in [6.07, 6.45) is 0.226. The molecule has 10 nitrogen and oxygen atoms in total. The number of phenolic OH excluding ortho intramolecular Hbond substituents is 1. The Bertz CT molecular complexity index is 1370. The fraction of sp³-hybridized carbons (Fsp3) is 0.400. The van der Waals surface area contributed by atoms with Gasteiger partial charge in [0.25, 0.3) is 0 Å². The summed E-state index contributed by atoms with van der Waals surface area (Å²) >= 11 is 0. The van der Waals surface area contributed by atoms with Crippen molar-refractivity contribution in [3.63, 3.8) is 0 Å². The number of hydrogen-bond donors (Lipinski definition) is 4. The predicted molar refractivity (Wildman–Crippen MR) is 123 cm³/mol. The van der Waals surface area contributed by atoms with Crippen LogP contribution in [0.2, 0.25) is 0 Å². The van der Waals surface area contributed by atoms with E-state index >= 15 is 0 Å². The van der Waals surface area contributed by atoms with Crippen LogP contribution in [0.1, 0.15) is 22.3 Å². The summed E-state index contributed by atoms with van der Waals surface area (Å²) in [6, 6.07) is 5.43. The Morgan fingerprint density at radius 1 is 1.11 bits per heavy atom. The number of phenols is 1. The predicted octanol–water partition coefficient (Wildman–Crippen LogP) is -0.398. The molecule has 0 spiro atoms. The van der Waals surface area contributed by atoms with E-state index in [0.717, 1.165) is 0 Å². The van der Waals surface area contributed by atoms with Gasteiger partial charge in [-0.3, -0.25) is 28.9 Å². The summed E-state index contributed by atoms with van der Waals surface area (Å²) in [5, 5.41) is 23.5. The average molecular weight is 479 g/mol. The van der Waals surface area contributed by atoms with Crippen LogP contribution < -0.4 is 11.5 Å². The van der Waals surface area contributed by atoms with Crippen molar-refractivity contribution in [2.24, 2.45) is 29.4 Å². The maximum absolute atomic E-state index is 13.7. The molecule has 182 valence electrons. The largest absolute Gasteiger partial charge is 0.507 e. The van der Waals surface area contributed by atoms with Crippen LogP contribution in [0, 0.1) is 23.7 Å². The van der Waals surface area contributed by atoms with Crippen molar-refractivity contribution in [3.05, 3.63) is 35.4 Å². The quantitative estimate of drug-likeness (QED) is 0.329. The fourth-order valence-electron chi connectivity index (χ4n) is 6.40. The van der Waals surface area contributed by atoms with E-state index in [1.165, 1.54) is 4.90 Å². The number of carbonyl (C=O) groups is 5. The van der Waals surface area contributed by atoms with Crippen molar-refractivity contribution >= 4 is 45.5 Å². The first-order chi connectivity index (χ1) is 16.4. The first-order valence-electron chi connectivity index (χ1n) is 11.3. The van der Waals surface area contributed by atoms with Gasteiger partial charge in [-0.2, -0.15) is 0 Å². The van der Waals surface area contributed by atoms with Crippen molar-refractivity contribution in [2.75, 3.05) is 19.8 Å². The molecule has 35 heavy (non-hydrogen) atoms. The van der Waals surface area contributed by atoms with Crippen molar-refractivity contribution < 1.29 is 34.2 Å². The monoisotopic (exact) mass is 479 g/mol. The molecule has 2 fully saturated rings. The Morgan fingerprint density at radius 3 is 2.43 bits per heavy atom. The third kappa shape index (κ3) is 2.93. The molecule has 5 rings (SSSR count). The minimum Gasteiger partial charge on any atom is -0.507 e. The number of primary amides is 1. The van der Waals surface area contributed by atoms with E-state index in [1.807, 2.05) is 0 Å². The second kappa shape index (κ2) is 7.43. The van der Waals surface area contributed by atoms with Gasteiger partial charge in [-0.15, -0.1) is 0 Å². The zero-order chi connectivity index (χ0) is 25.6. The van der Waals surface area contributed by atoms with Crippen LogP contribution in [0.3, 0.4) is 0 Å². The smallest absolute Gasteiger partial charge is 0.235 e. The summed E-state index contributed by atoms with van der Waals surface area (Å²) < 4.78 is 0. The Balaban J connectivity index is 1.67. The molecule has 2 unspecified atom stereocenters. The van der Waals surface area contributed by atoms with E-state index < -0.39 is 64.4 Å². The number of nitrogens with zero attached hydrogens (tertiary/aromatic N) is 1. The number of aliphatic hydroxyl groups is 1. The van der Waals surface area contributed by atoms with Gasteiger partial charge in [-0.05, 0) is 62.0 Å². The highest BCUT2D eigenvalue weighted by atomic mass is 16.3. The molecule has 0 heterocycles. The molecular weight excluding hydrogens is 454 g/mol. The van der Waals surface area contributed by atoms with Crippen molar-refractivity contribution in [1.82, 2.24) is 4.90 Å². The zero-order valence-electron chi connectivity index (χ0n) is 19.1. The normalized spacial score (nSPS) is 32.4. The number of benzene rings is 2. The highest BCUT2D eigenvalue weighted by Crippen LogP contribution is 2.51. The van der Waals surface area contributed by atoms with E-state index in [4.69, 9.17) is 11.5 Å². The lowest BCUT2D eigenvalue weighted by molar-refractivity contribution is -0.181. The summed E-state index contributed by atoms with van der Waals surface area (Å²) in [7, 11) is 3.09. The molecule has 0 radical (unpaired) electrons. The molecule has 10 heteroatoms. The summed E-state index contributed by atoms with van der Waals surface area (Å²) in [5.74, 6) is -10.5. The number of Topliss-reactive ketones (excluding diaryl/α,β-unsaturated/α-hetero) is 4. The van der Waals surface area contributed by atoms with Crippen molar-refractivity contribution in [2.45, 2.75) is 24.5 Å². The molecule has 2 aromatic rings. The van der Waals surface area contributed by atoms with Gasteiger partial charge in [0.2, 0.25) is 5.91 Å². The molecule has 1 amide bonds. The minimum atomic E-state index is -2.72. The molecule has 0 bridgehead atoms. The van der Waals surface area contributed by atoms with Crippen LogP contribution in [-0.2, 0) is 25.6 Å².